The summed E-state index contributed by atoms with van der Waals surface area (Å²) in [6, 6.07) is 6.32. The van der Waals surface area contributed by atoms with Gasteiger partial charge in [0.15, 0.2) is 11.5 Å². The van der Waals surface area contributed by atoms with Gasteiger partial charge in [-0.2, -0.15) is 0 Å². The van der Waals surface area contributed by atoms with Gasteiger partial charge in [0.25, 0.3) is 0 Å². The summed E-state index contributed by atoms with van der Waals surface area (Å²) >= 11 is 0. The maximum atomic E-state index is 6.00. The molecule has 0 radical (unpaired) electrons. The van der Waals surface area contributed by atoms with E-state index in [1.165, 1.54) is 0 Å². The monoisotopic (exact) mass is 271 g/mol. The van der Waals surface area contributed by atoms with Crippen LogP contribution in [0, 0.1) is 0 Å². The van der Waals surface area contributed by atoms with Crippen LogP contribution in [0.2, 0.25) is 0 Å². The number of nitrogens with two attached hydrogens (primary N) is 1. The maximum absolute atomic E-state index is 6.00. The third-order valence-electron chi connectivity index (χ3n) is 3.93. The van der Waals surface area contributed by atoms with Crippen molar-refractivity contribution in [2.24, 2.45) is 5.73 Å². The molecule has 1 aromatic carbocycles. The molecular formula is C15H17N3O2. The zero-order valence-corrected chi connectivity index (χ0v) is 11.2. The fraction of sp³-hybridized carbons (Fsp3) is 0.400. The van der Waals surface area contributed by atoms with Crippen molar-refractivity contribution in [2.75, 3.05) is 31.2 Å². The quantitative estimate of drug-likeness (QED) is 0.852. The molecule has 1 saturated heterocycles. The Hall–Kier alpha value is -2.01. The number of fused-ring (bicyclic) bond motifs is 2. The number of nitrogens with zero attached hydrogens (tertiary/aromatic N) is 2. The number of hydrogen-bond acceptors (Lipinski definition) is 5. The van der Waals surface area contributed by atoms with E-state index in [9.17, 15) is 0 Å². The van der Waals surface area contributed by atoms with Gasteiger partial charge in [-0.25, -0.2) is 4.98 Å². The summed E-state index contributed by atoms with van der Waals surface area (Å²) in [6.45, 7) is 3.03. The van der Waals surface area contributed by atoms with Gasteiger partial charge < -0.3 is 20.1 Å². The number of ether oxygens (including phenoxy) is 2. The molecule has 1 atom stereocenters. The van der Waals surface area contributed by atoms with Crippen molar-refractivity contribution in [3.05, 3.63) is 24.4 Å². The Bertz CT molecular complexity index is 659. The molecule has 2 aliphatic heterocycles. The van der Waals surface area contributed by atoms with Crippen LogP contribution in [0.5, 0.6) is 11.5 Å². The summed E-state index contributed by atoms with van der Waals surface area (Å²) in [7, 11) is 0. The van der Waals surface area contributed by atoms with Crippen molar-refractivity contribution in [3.63, 3.8) is 0 Å². The molecule has 1 unspecified atom stereocenters. The Morgan fingerprint density at radius 3 is 2.75 bits per heavy atom. The Labute approximate surface area is 117 Å². The van der Waals surface area contributed by atoms with Gasteiger partial charge in [0.05, 0.1) is 0 Å². The fourth-order valence-electron chi connectivity index (χ4n) is 2.93. The number of benzene rings is 1. The molecule has 1 aromatic heterocycles. The SMILES string of the molecule is NC1CCN(c2nccc3cc4c(cc23)OCCO4)C1. The van der Waals surface area contributed by atoms with Gasteiger partial charge >= 0.3 is 0 Å². The van der Waals surface area contributed by atoms with Crippen molar-refractivity contribution in [1.29, 1.82) is 0 Å². The molecule has 4 rings (SSSR count). The van der Waals surface area contributed by atoms with E-state index < -0.39 is 0 Å². The van der Waals surface area contributed by atoms with Gasteiger partial charge in [0.2, 0.25) is 0 Å². The first kappa shape index (κ1) is 11.8. The van der Waals surface area contributed by atoms with Crippen molar-refractivity contribution in [1.82, 2.24) is 4.98 Å². The van der Waals surface area contributed by atoms with E-state index in [1.807, 2.05) is 24.4 Å². The second-order valence-corrected chi connectivity index (χ2v) is 5.35. The van der Waals surface area contributed by atoms with Gasteiger partial charge in [0.1, 0.15) is 19.0 Å². The van der Waals surface area contributed by atoms with E-state index in [1.54, 1.807) is 0 Å². The van der Waals surface area contributed by atoms with Crippen LogP contribution in [0.15, 0.2) is 24.4 Å². The summed E-state index contributed by atoms with van der Waals surface area (Å²) in [4.78, 5) is 6.80. The lowest BCUT2D eigenvalue weighted by Crippen LogP contribution is -2.27. The van der Waals surface area contributed by atoms with Crippen molar-refractivity contribution in [3.8, 4) is 11.5 Å². The highest BCUT2D eigenvalue weighted by atomic mass is 16.6. The molecule has 1 fully saturated rings. The summed E-state index contributed by atoms with van der Waals surface area (Å²) in [6.07, 6.45) is 2.86. The van der Waals surface area contributed by atoms with Crippen LogP contribution in [-0.2, 0) is 0 Å². The lowest BCUT2D eigenvalue weighted by atomic mass is 10.1. The zero-order chi connectivity index (χ0) is 13.5. The molecule has 5 heteroatoms. The summed E-state index contributed by atoms with van der Waals surface area (Å²) < 4.78 is 11.3. The maximum Gasteiger partial charge on any atom is 0.162 e. The zero-order valence-electron chi connectivity index (χ0n) is 11.2. The molecule has 104 valence electrons. The number of anilines is 1. The molecule has 0 spiro atoms. The molecule has 0 saturated carbocycles. The highest BCUT2D eigenvalue weighted by Crippen LogP contribution is 2.37. The molecule has 0 aliphatic carbocycles. The number of rotatable bonds is 1. The van der Waals surface area contributed by atoms with Crippen LogP contribution < -0.4 is 20.1 Å². The molecule has 2 aliphatic rings. The highest BCUT2D eigenvalue weighted by Gasteiger charge is 2.23. The second kappa shape index (κ2) is 4.52. The van der Waals surface area contributed by atoms with Crippen molar-refractivity contribution < 1.29 is 9.47 Å². The third kappa shape index (κ3) is 1.86. The minimum atomic E-state index is 0.240. The third-order valence-corrected chi connectivity index (χ3v) is 3.93. The Balaban J connectivity index is 1.84. The van der Waals surface area contributed by atoms with E-state index in [2.05, 4.69) is 9.88 Å². The average Bonchev–Trinajstić information content (AvgIpc) is 2.91. The smallest absolute Gasteiger partial charge is 0.162 e. The predicted molar refractivity (Wildman–Crippen MR) is 77.5 cm³/mol. The van der Waals surface area contributed by atoms with Crippen LogP contribution >= 0.6 is 0 Å². The second-order valence-electron chi connectivity index (χ2n) is 5.35. The van der Waals surface area contributed by atoms with Gasteiger partial charge in [0, 0.05) is 30.7 Å². The van der Waals surface area contributed by atoms with E-state index in [0.29, 0.717) is 13.2 Å². The standard InChI is InChI=1S/C15H17N3O2/c16-11-2-4-18(9-11)15-12-8-14-13(19-5-6-20-14)7-10(12)1-3-17-15/h1,3,7-8,11H,2,4-6,9,16H2. The molecular weight excluding hydrogens is 254 g/mol. The first-order valence-corrected chi connectivity index (χ1v) is 7.00. The van der Waals surface area contributed by atoms with Gasteiger partial charge in [-0.15, -0.1) is 0 Å². The predicted octanol–water partition coefficient (Wildman–Crippen LogP) is 1.54. The number of pyridine rings is 1. The molecule has 2 N–H and O–H groups in total. The number of aromatic nitrogens is 1. The number of hydrogen-bond donors (Lipinski definition) is 1. The van der Waals surface area contributed by atoms with Crippen LogP contribution in [0.1, 0.15) is 6.42 Å². The van der Waals surface area contributed by atoms with Crippen molar-refractivity contribution >= 4 is 16.6 Å². The van der Waals surface area contributed by atoms with Crippen LogP contribution in [0.3, 0.4) is 0 Å². The topological polar surface area (TPSA) is 60.6 Å². The first-order valence-electron chi connectivity index (χ1n) is 7.00. The minimum absolute atomic E-state index is 0.240. The lowest BCUT2D eigenvalue weighted by molar-refractivity contribution is 0.172. The largest absolute Gasteiger partial charge is 0.486 e. The lowest BCUT2D eigenvalue weighted by Gasteiger charge is -2.22. The van der Waals surface area contributed by atoms with Gasteiger partial charge in [-0.1, -0.05) is 0 Å². The summed E-state index contributed by atoms with van der Waals surface area (Å²) in [5, 5.41) is 2.23. The average molecular weight is 271 g/mol. The Morgan fingerprint density at radius 2 is 2.00 bits per heavy atom. The van der Waals surface area contributed by atoms with Crippen LogP contribution in [0.25, 0.3) is 10.8 Å². The molecule has 0 bridgehead atoms. The molecule has 0 amide bonds. The Kier molecular flexibility index (Phi) is 2.67. The van der Waals surface area contributed by atoms with E-state index in [0.717, 1.165) is 47.6 Å². The Morgan fingerprint density at radius 1 is 1.20 bits per heavy atom. The van der Waals surface area contributed by atoms with E-state index >= 15 is 0 Å². The van der Waals surface area contributed by atoms with Crippen LogP contribution in [-0.4, -0.2) is 37.3 Å². The molecule has 2 aromatic rings. The van der Waals surface area contributed by atoms with Gasteiger partial charge in [-0.05, 0) is 30.0 Å². The van der Waals surface area contributed by atoms with E-state index in [-0.39, 0.29) is 6.04 Å². The van der Waals surface area contributed by atoms with Crippen molar-refractivity contribution in [2.45, 2.75) is 12.5 Å². The molecule has 5 nitrogen and oxygen atoms in total. The van der Waals surface area contributed by atoms with Crippen LogP contribution in [0.4, 0.5) is 5.82 Å². The normalized spacial score (nSPS) is 21.4. The summed E-state index contributed by atoms with van der Waals surface area (Å²) in [5.74, 6) is 2.62. The minimum Gasteiger partial charge on any atom is -0.486 e. The first-order chi connectivity index (χ1) is 9.81. The fourth-order valence-corrected chi connectivity index (χ4v) is 2.93. The molecule has 3 heterocycles. The summed E-state index contributed by atoms with van der Waals surface area (Å²) in [5.41, 5.74) is 6.00. The highest BCUT2D eigenvalue weighted by molar-refractivity contribution is 5.94. The van der Waals surface area contributed by atoms with E-state index in [4.69, 9.17) is 15.2 Å². The molecule has 20 heavy (non-hydrogen) atoms. The van der Waals surface area contributed by atoms with Gasteiger partial charge in [-0.3, -0.25) is 0 Å².